The van der Waals surface area contributed by atoms with E-state index in [2.05, 4.69) is 10.4 Å². The van der Waals surface area contributed by atoms with Gasteiger partial charge in [-0.3, -0.25) is 4.79 Å². The summed E-state index contributed by atoms with van der Waals surface area (Å²) in [7, 11) is 0. The molecule has 0 unspecified atom stereocenters. The van der Waals surface area contributed by atoms with Crippen molar-refractivity contribution in [3.05, 3.63) is 21.6 Å². The van der Waals surface area contributed by atoms with E-state index in [1.165, 1.54) is 4.68 Å². The zero-order valence-electron chi connectivity index (χ0n) is 10.6. The van der Waals surface area contributed by atoms with Crippen LogP contribution in [0.25, 0.3) is 0 Å². The Morgan fingerprint density at radius 1 is 1.56 bits per heavy atom. The van der Waals surface area contributed by atoms with Crippen LogP contribution in [0.3, 0.4) is 0 Å². The number of nitrogens with one attached hydrogen (secondary N) is 1. The van der Waals surface area contributed by atoms with Gasteiger partial charge in [-0.2, -0.15) is 5.10 Å². The van der Waals surface area contributed by atoms with Crippen LogP contribution in [0.4, 0.5) is 5.69 Å². The average molecular weight is 271 g/mol. The van der Waals surface area contributed by atoms with Crippen LogP contribution in [0.15, 0.2) is 11.0 Å². The van der Waals surface area contributed by atoms with Crippen molar-refractivity contribution in [1.29, 1.82) is 0 Å². The minimum absolute atomic E-state index is 0.129. The van der Waals surface area contributed by atoms with E-state index >= 15 is 0 Å². The normalized spacial score (nSPS) is 17.9. The number of nitrogens with two attached hydrogens (primary N) is 1. The number of hydrogen-bond donors (Lipinski definition) is 2. The maximum absolute atomic E-state index is 11.9. The molecule has 0 spiro atoms. The smallest absolute Gasteiger partial charge is 0.287 e. The summed E-state index contributed by atoms with van der Waals surface area (Å²) in [6.07, 6.45) is 5.94. The first-order valence-corrected chi connectivity index (χ1v) is 6.73. The molecular weight excluding hydrogens is 252 g/mol. The molecule has 2 rings (SSSR count). The first kappa shape index (κ1) is 13.4. The van der Waals surface area contributed by atoms with Crippen LogP contribution in [-0.4, -0.2) is 21.9 Å². The van der Waals surface area contributed by atoms with Crippen molar-refractivity contribution >= 4 is 17.3 Å². The van der Waals surface area contributed by atoms with Gasteiger partial charge in [-0.25, -0.2) is 4.68 Å². The number of aryl methyl sites for hydroxylation is 1. The summed E-state index contributed by atoms with van der Waals surface area (Å²) in [4.78, 5) is 11.9. The van der Waals surface area contributed by atoms with Crippen LogP contribution in [-0.2, 0) is 6.54 Å². The van der Waals surface area contributed by atoms with Gasteiger partial charge in [0.25, 0.3) is 5.56 Å². The summed E-state index contributed by atoms with van der Waals surface area (Å²) in [5.41, 5.74) is 6.06. The molecule has 0 bridgehead atoms. The van der Waals surface area contributed by atoms with Gasteiger partial charge in [-0.1, -0.05) is 24.4 Å². The predicted octanol–water partition coefficient (Wildman–Crippen LogP) is 1.60. The van der Waals surface area contributed by atoms with Crippen molar-refractivity contribution in [1.82, 2.24) is 9.78 Å². The first-order valence-electron chi connectivity index (χ1n) is 6.36. The summed E-state index contributed by atoms with van der Waals surface area (Å²) in [6.45, 7) is 2.91. The number of aromatic nitrogens is 2. The Labute approximate surface area is 111 Å². The van der Waals surface area contributed by atoms with Crippen LogP contribution in [0.2, 0.25) is 5.02 Å². The second-order valence-corrected chi connectivity index (χ2v) is 5.19. The van der Waals surface area contributed by atoms with Gasteiger partial charge >= 0.3 is 0 Å². The van der Waals surface area contributed by atoms with Crippen molar-refractivity contribution < 1.29 is 0 Å². The molecule has 0 aromatic carbocycles. The van der Waals surface area contributed by atoms with Gasteiger partial charge in [0.1, 0.15) is 5.02 Å². The number of nitrogens with zero attached hydrogens (tertiary/aromatic N) is 2. The summed E-state index contributed by atoms with van der Waals surface area (Å²) < 4.78 is 1.34. The highest BCUT2D eigenvalue weighted by Gasteiger charge is 2.33. The quantitative estimate of drug-likeness (QED) is 0.872. The van der Waals surface area contributed by atoms with E-state index in [4.69, 9.17) is 17.3 Å². The number of rotatable bonds is 4. The summed E-state index contributed by atoms with van der Waals surface area (Å²) in [5, 5.41) is 7.61. The van der Waals surface area contributed by atoms with Crippen molar-refractivity contribution in [2.45, 2.75) is 44.7 Å². The standard InChI is InChI=1S/C12H19ClN4O/c1-2-17-11(18)10(13)9(7-15-17)16-12(8-14)5-3-4-6-12/h7,16H,2-6,8,14H2,1H3. The SMILES string of the molecule is CCn1ncc(NC2(CN)CCCC2)c(Cl)c1=O. The van der Waals surface area contributed by atoms with E-state index in [9.17, 15) is 4.79 Å². The molecule has 5 nitrogen and oxygen atoms in total. The molecule has 0 amide bonds. The lowest BCUT2D eigenvalue weighted by molar-refractivity contribution is 0.492. The zero-order chi connectivity index (χ0) is 13.2. The fourth-order valence-corrected chi connectivity index (χ4v) is 2.69. The Balaban J connectivity index is 2.29. The second kappa shape index (κ2) is 5.28. The van der Waals surface area contributed by atoms with Crippen LogP contribution in [0, 0.1) is 0 Å². The van der Waals surface area contributed by atoms with Gasteiger partial charge in [0.2, 0.25) is 0 Å². The van der Waals surface area contributed by atoms with E-state index in [0.717, 1.165) is 25.7 Å². The maximum Gasteiger partial charge on any atom is 0.287 e. The molecule has 1 aromatic rings. The van der Waals surface area contributed by atoms with Crippen molar-refractivity contribution in [2.24, 2.45) is 5.73 Å². The first-order chi connectivity index (χ1) is 8.62. The van der Waals surface area contributed by atoms with Crippen LogP contribution >= 0.6 is 11.6 Å². The summed E-state index contributed by atoms with van der Waals surface area (Å²) >= 11 is 6.10. The monoisotopic (exact) mass is 270 g/mol. The Kier molecular flexibility index (Phi) is 3.92. The Morgan fingerprint density at radius 2 is 2.22 bits per heavy atom. The number of anilines is 1. The van der Waals surface area contributed by atoms with Crippen LogP contribution < -0.4 is 16.6 Å². The molecule has 1 heterocycles. The molecule has 0 radical (unpaired) electrons. The number of hydrogen-bond acceptors (Lipinski definition) is 4. The van der Waals surface area contributed by atoms with Gasteiger partial charge in [0.05, 0.1) is 11.9 Å². The largest absolute Gasteiger partial charge is 0.376 e. The van der Waals surface area contributed by atoms with Crippen molar-refractivity contribution in [2.75, 3.05) is 11.9 Å². The molecule has 0 atom stereocenters. The van der Waals surface area contributed by atoms with Crippen molar-refractivity contribution in [3.63, 3.8) is 0 Å². The molecule has 100 valence electrons. The van der Waals surface area contributed by atoms with Crippen molar-refractivity contribution in [3.8, 4) is 0 Å². The molecule has 6 heteroatoms. The molecule has 1 aliphatic rings. The zero-order valence-corrected chi connectivity index (χ0v) is 11.3. The Hall–Kier alpha value is -1.07. The van der Waals surface area contributed by atoms with Gasteiger partial charge in [-0.05, 0) is 19.8 Å². The van der Waals surface area contributed by atoms with Gasteiger partial charge < -0.3 is 11.1 Å². The lowest BCUT2D eigenvalue weighted by atomic mass is 9.97. The molecule has 1 aliphatic carbocycles. The molecule has 0 aliphatic heterocycles. The molecular formula is C12H19ClN4O. The molecule has 1 saturated carbocycles. The number of halogens is 1. The summed E-state index contributed by atoms with van der Waals surface area (Å²) in [5.74, 6) is 0. The molecule has 0 saturated heterocycles. The van der Waals surface area contributed by atoms with E-state index in [0.29, 0.717) is 18.8 Å². The third-order valence-electron chi connectivity index (χ3n) is 3.64. The average Bonchev–Trinajstić information content (AvgIpc) is 2.85. The second-order valence-electron chi connectivity index (χ2n) is 4.81. The van der Waals surface area contributed by atoms with Crippen LogP contribution in [0.1, 0.15) is 32.6 Å². The van der Waals surface area contributed by atoms with E-state index in [-0.39, 0.29) is 16.1 Å². The minimum Gasteiger partial charge on any atom is -0.376 e. The van der Waals surface area contributed by atoms with Gasteiger partial charge in [-0.15, -0.1) is 0 Å². The third-order valence-corrected chi connectivity index (χ3v) is 4.00. The molecule has 1 fully saturated rings. The predicted molar refractivity (Wildman–Crippen MR) is 73.1 cm³/mol. The summed E-state index contributed by atoms with van der Waals surface area (Å²) in [6, 6.07) is 0. The van der Waals surface area contributed by atoms with E-state index in [1.54, 1.807) is 6.20 Å². The van der Waals surface area contributed by atoms with Gasteiger partial charge in [0.15, 0.2) is 0 Å². The highest BCUT2D eigenvalue weighted by Crippen LogP contribution is 2.33. The molecule has 1 aromatic heterocycles. The molecule has 18 heavy (non-hydrogen) atoms. The minimum atomic E-state index is -0.255. The highest BCUT2D eigenvalue weighted by atomic mass is 35.5. The lowest BCUT2D eigenvalue weighted by Crippen LogP contribution is -2.43. The van der Waals surface area contributed by atoms with Gasteiger partial charge in [0, 0.05) is 18.6 Å². The van der Waals surface area contributed by atoms with Crippen LogP contribution in [0.5, 0.6) is 0 Å². The lowest BCUT2D eigenvalue weighted by Gasteiger charge is -2.30. The van der Waals surface area contributed by atoms with E-state index in [1.807, 2.05) is 6.92 Å². The Bertz CT molecular complexity index is 479. The fraction of sp³-hybridized carbons (Fsp3) is 0.667. The molecule has 3 N–H and O–H groups in total. The topological polar surface area (TPSA) is 72.9 Å². The Morgan fingerprint density at radius 3 is 2.78 bits per heavy atom. The fourth-order valence-electron chi connectivity index (χ4n) is 2.50. The highest BCUT2D eigenvalue weighted by molar-refractivity contribution is 6.32. The third kappa shape index (κ3) is 2.37. The maximum atomic E-state index is 11.9. The van der Waals surface area contributed by atoms with E-state index < -0.39 is 0 Å².